The summed E-state index contributed by atoms with van der Waals surface area (Å²) < 4.78 is 19.5. The molecule has 5 heteroatoms. The summed E-state index contributed by atoms with van der Waals surface area (Å²) in [5.74, 6) is 0.524. The van der Waals surface area contributed by atoms with Gasteiger partial charge in [-0.25, -0.2) is 4.39 Å². The molecule has 0 saturated carbocycles. The van der Waals surface area contributed by atoms with Gasteiger partial charge < -0.3 is 9.84 Å². The number of aliphatic hydroxyl groups excluding tert-OH is 1. The molecule has 0 aromatic heterocycles. The van der Waals surface area contributed by atoms with Crippen molar-refractivity contribution in [1.82, 2.24) is 0 Å². The van der Waals surface area contributed by atoms with Gasteiger partial charge in [-0.1, -0.05) is 11.6 Å². The molecule has 0 amide bonds. The van der Waals surface area contributed by atoms with Crippen molar-refractivity contribution in [1.29, 1.82) is 0 Å². The Balaban J connectivity index is 2.38. The van der Waals surface area contributed by atoms with E-state index in [1.54, 1.807) is 25.1 Å². The highest BCUT2D eigenvalue weighted by Crippen LogP contribution is 2.35. The maximum absolute atomic E-state index is 13.2. The summed E-state index contributed by atoms with van der Waals surface area (Å²) in [4.78, 5) is 0. The van der Waals surface area contributed by atoms with Gasteiger partial charge >= 0.3 is 0 Å². The zero-order chi connectivity index (χ0) is 14.0. The van der Waals surface area contributed by atoms with Gasteiger partial charge in [0, 0.05) is 10.6 Å². The first-order chi connectivity index (χ1) is 8.97. The number of rotatable bonds is 3. The van der Waals surface area contributed by atoms with Crippen molar-refractivity contribution < 1.29 is 14.2 Å². The van der Waals surface area contributed by atoms with Crippen LogP contribution in [0.1, 0.15) is 18.6 Å². The van der Waals surface area contributed by atoms with Gasteiger partial charge in [-0.15, -0.1) is 0 Å². The molecule has 0 unspecified atom stereocenters. The summed E-state index contributed by atoms with van der Waals surface area (Å²) in [6.45, 7) is 1.55. The topological polar surface area (TPSA) is 29.5 Å². The van der Waals surface area contributed by atoms with E-state index in [9.17, 15) is 9.50 Å². The maximum atomic E-state index is 13.2. The zero-order valence-corrected chi connectivity index (χ0v) is 12.4. The monoisotopic (exact) mass is 344 g/mol. The van der Waals surface area contributed by atoms with Crippen LogP contribution in [-0.4, -0.2) is 5.11 Å². The molecule has 0 bridgehead atoms. The van der Waals surface area contributed by atoms with E-state index >= 15 is 0 Å². The number of benzene rings is 2. The fourth-order valence-electron chi connectivity index (χ4n) is 1.62. The number of hydrogen-bond acceptors (Lipinski definition) is 2. The normalized spacial score (nSPS) is 12.3. The third kappa shape index (κ3) is 3.47. The summed E-state index contributed by atoms with van der Waals surface area (Å²) >= 11 is 9.18. The lowest BCUT2D eigenvalue weighted by molar-refractivity contribution is 0.195. The van der Waals surface area contributed by atoms with E-state index in [4.69, 9.17) is 16.3 Å². The van der Waals surface area contributed by atoms with E-state index in [2.05, 4.69) is 15.9 Å². The lowest BCUT2D eigenvalue weighted by atomic mass is 10.1. The predicted molar refractivity (Wildman–Crippen MR) is 76.3 cm³/mol. The molecule has 0 spiro atoms. The summed E-state index contributed by atoms with van der Waals surface area (Å²) in [6, 6.07) is 9.10. The highest BCUT2D eigenvalue weighted by atomic mass is 79.9. The van der Waals surface area contributed by atoms with Crippen molar-refractivity contribution in [3.8, 4) is 11.5 Å². The SMILES string of the molecule is C[C@H](O)c1cc(F)ccc1Oc1ccc(Cl)cc1Br. The fourth-order valence-corrected chi connectivity index (χ4v) is 2.38. The molecular weight excluding hydrogens is 335 g/mol. The third-order valence-electron chi connectivity index (χ3n) is 2.54. The van der Waals surface area contributed by atoms with Crippen molar-refractivity contribution in [3.63, 3.8) is 0 Å². The van der Waals surface area contributed by atoms with Gasteiger partial charge in [0.15, 0.2) is 0 Å². The van der Waals surface area contributed by atoms with Crippen LogP contribution in [0.15, 0.2) is 40.9 Å². The maximum Gasteiger partial charge on any atom is 0.141 e. The smallest absolute Gasteiger partial charge is 0.141 e. The third-order valence-corrected chi connectivity index (χ3v) is 3.39. The molecule has 19 heavy (non-hydrogen) atoms. The summed E-state index contributed by atoms with van der Waals surface area (Å²) in [7, 11) is 0. The lowest BCUT2D eigenvalue weighted by Gasteiger charge is -2.14. The molecule has 0 aliphatic rings. The second-order valence-electron chi connectivity index (χ2n) is 4.03. The van der Waals surface area contributed by atoms with Gasteiger partial charge in [-0.3, -0.25) is 0 Å². The van der Waals surface area contributed by atoms with Gasteiger partial charge in [0.25, 0.3) is 0 Å². The van der Waals surface area contributed by atoms with Crippen LogP contribution in [-0.2, 0) is 0 Å². The molecule has 2 rings (SSSR count). The minimum absolute atomic E-state index is 0.391. The Morgan fingerprint density at radius 3 is 2.53 bits per heavy atom. The van der Waals surface area contributed by atoms with Gasteiger partial charge in [0.1, 0.15) is 17.3 Å². The largest absolute Gasteiger partial charge is 0.456 e. The van der Waals surface area contributed by atoms with Crippen molar-refractivity contribution >= 4 is 27.5 Å². The Morgan fingerprint density at radius 2 is 1.89 bits per heavy atom. The Kier molecular flexibility index (Phi) is 4.45. The summed E-state index contributed by atoms with van der Waals surface area (Å²) in [5, 5.41) is 10.2. The van der Waals surface area contributed by atoms with E-state index in [0.29, 0.717) is 26.6 Å². The Hall–Kier alpha value is -1.10. The number of aliphatic hydroxyl groups is 1. The number of halogens is 3. The first-order valence-corrected chi connectivity index (χ1v) is 6.75. The molecule has 100 valence electrons. The standard InChI is InChI=1S/C14H11BrClFO2/c1-8(18)11-7-10(17)3-5-13(11)19-14-4-2-9(16)6-12(14)15/h2-8,18H,1H3/t8-/m0/s1. The van der Waals surface area contributed by atoms with E-state index in [0.717, 1.165) is 0 Å². The molecule has 0 heterocycles. The van der Waals surface area contributed by atoms with Crippen LogP contribution in [0.5, 0.6) is 11.5 Å². The molecule has 0 saturated heterocycles. The lowest BCUT2D eigenvalue weighted by Crippen LogP contribution is -1.97. The fraction of sp³-hybridized carbons (Fsp3) is 0.143. The zero-order valence-electron chi connectivity index (χ0n) is 10.0. The second kappa shape index (κ2) is 5.90. The van der Waals surface area contributed by atoms with E-state index in [-0.39, 0.29) is 0 Å². The molecule has 0 aliphatic heterocycles. The highest BCUT2D eigenvalue weighted by molar-refractivity contribution is 9.10. The van der Waals surface area contributed by atoms with E-state index in [1.807, 2.05) is 0 Å². The van der Waals surface area contributed by atoms with Crippen LogP contribution in [0.2, 0.25) is 5.02 Å². The van der Waals surface area contributed by atoms with Crippen LogP contribution < -0.4 is 4.74 Å². The Bertz CT molecular complexity index is 602. The molecule has 1 atom stereocenters. The van der Waals surface area contributed by atoms with Crippen LogP contribution >= 0.6 is 27.5 Å². The molecule has 0 aliphatic carbocycles. The van der Waals surface area contributed by atoms with Crippen LogP contribution in [0.25, 0.3) is 0 Å². The van der Waals surface area contributed by atoms with Crippen molar-refractivity contribution in [3.05, 3.63) is 57.3 Å². The average Bonchev–Trinajstić information content (AvgIpc) is 2.34. The summed E-state index contributed by atoms with van der Waals surface area (Å²) in [5.41, 5.74) is 0.391. The molecule has 1 N–H and O–H groups in total. The van der Waals surface area contributed by atoms with Crippen molar-refractivity contribution in [2.75, 3.05) is 0 Å². The van der Waals surface area contributed by atoms with Gasteiger partial charge in [-0.05, 0) is 59.3 Å². The number of hydrogen-bond donors (Lipinski definition) is 1. The quantitative estimate of drug-likeness (QED) is 0.840. The molecule has 0 radical (unpaired) electrons. The molecule has 0 fully saturated rings. The van der Waals surface area contributed by atoms with Crippen LogP contribution in [0.4, 0.5) is 4.39 Å². The van der Waals surface area contributed by atoms with Gasteiger partial charge in [0.2, 0.25) is 0 Å². The molecule has 2 aromatic rings. The molecular formula is C14H11BrClFO2. The second-order valence-corrected chi connectivity index (χ2v) is 5.33. The minimum atomic E-state index is -0.822. The minimum Gasteiger partial charge on any atom is -0.456 e. The first kappa shape index (κ1) is 14.3. The molecule has 2 aromatic carbocycles. The summed E-state index contributed by atoms with van der Waals surface area (Å²) in [6.07, 6.45) is -0.822. The van der Waals surface area contributed by atoms with Gasteiger partial charge in [0.05, 0.1) is 10.6 Å². The molecule has 2 nitrogen and oxygen atoms in total. The van der Waals surface area contributed by atoms with Crippen LogP contribution in [0.3, 0.4) is 0 Å². The highest BCUT2D eigenvalue weighted by Gasteiger charge is 2.12. The Labute approximate surface area is 123 Å². The predicted octanol–water partition coefficient (Wildman–Crippen LogP) is 5.09. The van der Waals surface area contributed by atoms with Gasteiger partial charge in [-0.2, -0.15) is 0 Å². The number of ether oxygens (including phenoxy) is 1. The van der Waals surface area contributed by atoms with E-state index < -0.39 is 11.9 Å². The first-order valence-electron chi connectivity index (χ1n) is 5.58. The van der Waals surface area contributed by atoms with Crippen LogP contribution in [0, 0.1) is 5.82 Å². The Morgan fingerprint density at radius 1 is 1.21 bits per heavy atom. The van der Waals surface area contributed by atoms with Crippen molar-refractivity contribution in [2.45, 2.75) is 13.0 Å². The van der Waals surface area contributed by atoms with E-state index in [1.165, 1.54) is 18.2 Å². The average molecular weight is 346 g/mol. The van der Waals surface area contributed by atoms with Crippen molar-refractivity contribution in [2.24, 2.45) is 0 Å².